The molecule has 3 aliphatic rings. The van der Waals surface area contributed by atoms with Crippen LogP contribution in [0, 0.1) is 5.92 Å². The molecule has 0 bridgehead atoms. The summed E-state index contributed by atoms with van der Waals surface area (Å²) in [6.45, 7) is 4.73. The Labute approximate surface area is 331 Å². The van der Waals surface area contributed by atoms with E-state index < -0.39 is 0 Å². The number of nitrogens with zero attached hydrogens (tertiary/aromatic N) is 6. The molecule has 0 aliphatic heterocycles. The van der Waals surface area contributed by atoms with Crippen LogP contribution in [0.3, 0.4) is 0 Å². The minimum Gasteiger partial charge on any atom is -0.208 e. The number of hydrogen-bond acceptors (Lipinski definition) is 6. The second kappa shape index (κ2) is 13.0. The second-order valence-electron chi connectivity index (χ2n) is 15.5. The van der Waals surface area contributed by atoms with Gasteiger partial charge in [-0.3, -0.25) is 0 Å². The van der Waals surface area contributed by atoms with Gasteiger partial charge in [0, 0.05) is 50.6 Å². The van der Waals surface area contributed by atoms with Gasteiger partial charge in [-0.05, 0) is 27.5 Å². The Kier molecular flexibility index (Phi) is 7.54. The fraction of sp³-hybridized carbons (Fsp3) is 0.0980. The van der Waals surface area contributed by atoms with Crippen LogP contribution in [0.25, 0.3) is 79.4 Å². The van der Waals surface area contributed by atoms with Gasteiger partial charge in [0.1, 0.15) is 0 Å². The molecule has 0 saturated carbocycles. The smallest absolute Gasteiger partial charge is 0.164 e. The lowest BCUT2D eigenvalue weighted by molar-refractivity contribution is 0.513. The van der Waals surface area contributed by atoms with Gasteiger partial charge in [0.2, 0.25) is 0 Å². The lowest BCUT2D eigenvalue weighted by atomic mass is 9.56. The maximum atomic E-state index is 5.18. The summed E-state index contributed by atoms with van der Waals surface area (Å²) in [5, 5.41) is 2.42. The van der Waals surface area contributed by atoms with Crippen LogP contribution in [0.2, 0.25) is 0 Å². The molecule has 0 N–H and O–H groups in total. The summed E-state index contributed by atoms with van der Waals surface area (Å²) >= 11 is 0. The van der Waals surface area contributed by atoms with Crippen LogP contribution in [0.1, 0.15) is 42.3 Å². The molecule has 2 aromatic heterocycles. The van der Waals surface area contributed by atoms with E-state index in [1.165, 1.54) is 27.6 Å². The number of allylic oxidation sites excluding steroid dienone is 5. The Bertz CT molecular complexity index is 2850. The lowest BCUT2D eigenvalue weighted by Crippen LogP contribution is -2.35. The Morgan fingerprint density at radius 1 is 0.456 bits per heavy atom. The van der Waals surface area contributed by atoms with E-state index in [9.17, 15) is 0 Å². The number of rotatable bonds is 6. The van der Waals surface area contributed by atoms with Crippen molar-refractivity contribution < 1.29 is 0 Å². The van der Waals surface area contributed by atoms with Crippen molar-refractivity contribution in [3.63, 3.8) is 0 Å². The third-order valence-electron chi connectivity index (χ3n) is 11.8. The van der Waals surface area contributed by atoms with Crippen LogP contribution in [0.5, 0.6) is 0 Å². The Hall–Kier alpha value is -7.18. The Balaban J connectivity index is 1.10. The quantitative estimate of drug-likeness (QED) is 0.169. The molecular weight excluding hydrogens is 697 g/mol. The van der Waals surface area contributed by atoms with Gasteiger partial charge in [-0.15, -0.1) is 0 Å². The molecule has 6 nitrogen and oxygen atoms in total. The number of aromatic nitrogens is 6. The topological polar surface area (TPSA) is 77.3 Å². The molecule has 0 saturated heterocycles. The van der Waals surface area contributed by atoms with Crippen molar-refractivity contribution >= 4 is 22.4 Å². The van der Waals surface area contributed by atoms with Gasteiger partial charge in [-0.1, -0.05) is 189 Å². The monoisotopic (exact) mass is 732 g/mol. The first-order valence-corrected chi connectivity index (χ1v) is 19.5. The SMILES string of the molecule is CC1(C)C2=CC=C(c3nc(-c4ccccc4)nc(-c4ccccc4)n3)C3C=Cc4ccc5c(-c6nc(-c7ccccc7)nc(-c7ccccc7)n6)ccc1c5c4C23. The number of hydrogen-bond donors (Lipinski definition) is 0. The van der Waals surface area contributed by atoms with Crippen molar-refractivity contribution in [2.75, 3.05) is 0 Å². The van der Waals surface area contributed by atoms with Gasteiger partial charge >= 0.3 is 0 Å². The van der Waals surface area contributed by atoms with E-state index in [0.717, 1.165) is 38.8 Å². The third kappa shape index (κ3) is 5.40. The fourth-order valence-corrected chi connectivity index (χ4v) is 9.05. The maximum Gasteiger partial charge on any atom is 0.164 e. The van der Waals surface area contributed by atoms with Crippen LogP contribution in [0.4, 0.5) is 0 Å². The van der Waals surface area contributed by atoms with Crippen LogP contribution in [-0.4, -0.2) is 29.9 Å². The summed E-state index contributed by atoms with van der Waals surface area (Å²) in [6.07, 6.45) is 9.25. The van der Waals surface area contributed by atoms with Gasteiger partial charge in [-0.25, -0.2) is 29.9 Å². The Morgan fingerprint density at radius 2 is 0.930 bits per heavy atom. The summed E-state index contributed by atoms with van der Waals surface area (Å²) in [7, 11) is 0. The second-order valence-corrected chi connectivity index (χ2v) is 15.5. The molecule has 0 amide bonds. The molecule has 8 aromatic rings. The molecule has 2 heterocycles. The zero-order chi connectivity index (χ0) is 38.1. The van der Waals surface area contributed by atoms with E-state index in [-0.39, 0.29) is 17.3 Å². The first-order chi connectivity index (χ1) is 28.0. The standard InChI is InChI=1S/C51H36N6/c1-51(2)40-29-27-38(49-54-45(32-15-7-3-8-16-32)52-46(55-49)33-17-9-4-10-18-33)36-25-23-31-24-26-37-39(28-30-41(51)44(37)42(31)43(36)40)50-56-47(34-19-11-5-12-20-34)53-48(57-50)35-21-13-6-14-22-35/h3-30,36,43H,1-2H3. The fourth-order valence-electron chi connectivity index (χ4n) is 9.05. The average Bonchev–Trinajstić information content (AvgIpc) is 3.28. The lowest BCUT2D eigenvalue weighted by Gasteiger charge is -2.47. The summed E-state index contributed by atoms with van der Waals surface area (Å²) in [4.78, 5) is 30.7. The van der Waals surface area contributed by atoms with Crippen LogP contribution >= 0.6 is 0 Å². The average molecular weight is 733 g/mol. The van der Waals surface area contributed by atoms with Crippen LogP contribution in [0.15, 0.2) is 169 Å². The van der Waals surface area contributed by atoms with Crippen molar-refractivity contribution in [2.45, 2.75) is 25.2 Å². The highest BCUT2D eigenvalue weighted by Gasteiger charge is 2.46. The molecule has 0 spiro atoms. The largest absolute Gasteiger partial charge is 0.208 e. The molecule has 2 unspecified atom stereocenters. The van der Waals surface area contributed by atoms with Crippen LogP contribution < -0.4 is 0 Å². The molecule has 6 aromatic carbocycles. The number of benzene rings is 6. The summed E-state index contributed by atoms with van der Waals surface area (Å²) in [6, 6.07) is 49.8. The summed E-state index contributed by atoms with van der Waals surface area (Å²) in [5.74, 6) is 4.12. The van der Waals surface area contributed by atoms with Gasteiger partial charge in [0.25, 0.3) is 0 Å². The summed E-state index contributed by atoms with van der Waals surface area (Å²) < 4.78 is 0. The normalized spacial score (nSPS) is 17.2. The third-order valence-corrected chi connectivity index (χ3v) is 11.8. The molecule has 6 heteroatoms. The predicted molar refractivity (Wildman–Crippen MR) is 229 cm³/mol. The van der Waals surface area contributed by atoms with Crippen molar-refractivity contribution in [2.24, 2.45) is 5.92 Å². The molecule has 2 atom stereocenters. The highest BCUT2D eigenvalue weighted by atomic mass is 15.0. The van der Waals surface area contributed by atoms with E-state index in [0.29, 0.717) is 34.9 Å². The van der Waals surface area contributed by atoms with E-state index in [1.807, 2.05) is 72.8 Å². The maximum absolute atomic E-state index is 5.18. The molecule has 270 valence electrons. The molecule has 57 heavy (non-hydrogen) atoms. The molecule has 0 fully saturated rings. The highest BCUT2D eigenvalue weighted by molar-refractivity contribution is 6.04. The van der Waals surface area contributed by atoms with E-state index in [1.54, 1.807) is 0 Å². The van der Waals surface area contributed by atoms with Crippen molar-refractivity contribution in [1.82, 2.24) is 29.9 Å². The van der Waals surface area contributed by atoms with E-state index >= 15 is 0 Å². The first kappa shape index (κ1) is 33.2. The van der Waals surface area contributed by atoms with E-state index in [2.05, 4.69) is 111 Å². The van der Waals surface area contributed by atoms with Gasteiger partial charge in [-0.2, -0.15) is 0 Å². The highest BCUT2D eigenvalue weighted by Crippen LogP contribution is 2.59. The van der Waals surface area contributed by atoms with Crippen LogP contribution in [-0.2, 0) is 5.41 Å². The van der Waals surface area contributed by atoms with Gasteiger partial charge < -0.3 is 0 Å². The van der Waals surface area contributed by atoms with Gasteiger partial charge in [0.05, 0.1) is 0 Å². The van der Waals surface area contributed by atoms with Crippen molar-refractivity contribution in [3.05, 3.63) is 192 Å². The van der Waals surface area contributed by atoms with Gasteiger partial charge in [0.15, 0.2) is 34.9 Å². The zero-order valence-electron chi connectivity index (χ0n) is 31.5. The predicted octanol–water partition coefficient (Wildman–Crippen LogP) is 11.6. The first-order valence-electron chi connectivity index (χ1n) is 19.5. The zero-order valence-corrected chi connectivity index (χ0v) is 31.5. The Morgan fingerprint density at radius 3 is 1.44 bits per heavy atom. The molecule has 3 aliphatic carbocycles. The van der Waals surface area contributed by atoms with Crippen molar-refractivity contribution in [3.8, 4) is 56.9 Å². The molecule has 11 rings (SSSR count). The minimum atomic E-state index is -0.245. The molecular formula is C51H36N6. The minimum absolute atomic E-state index is 0.0281. The molecule has 0 radical (unpaired) electrons. The van der Waals surface area contributed by atoms with Crippen molar-refractivity contribution in [1.29, 1.82) is 0 Å². The van der Waals surface area contributed by atoms with E-state index in [4.69, 9.17) is 29.9 Å². The summed E-state index contributed by atoms with van der Waals surface area (Å²) in [5.41, 5.74) is 10.9.